The number of aromatic nitrogens is 2. The Morgan fingerprint density at radius 3 is 2.50 bits per heavy atom. The van der Waals surface area contributed by atoms with Crippen LogP contribution >= 0.6 is 15.9 Å². The Balaban J connectivity index is 2.70. The van der Waals surface area contributed by atoms with Crippen LogP contribution in [0.2, 0.25) is 0 Å². The van der Waals surface area contributed by atoms with Gasteiger partial charge in [0.05, 0.1) is 5.69 Å². The Morgan fingerprint density at radius 2 is 1.95 bits per heavy atom. The second-order valence-electron chi connectivity index (χ2n) is 5.79. The fraction of sp³-hybridized carbons (Fsp3) is 0.333. The first-order valence-electron chi connectivity index (χ1n) is 6.27. The van der Waals surface area contributed by atoms with Gasteiger partial charge < -0.3 is 4.98 Å². The second-order valence-corrected chi connectivity index (χ2v) is 6.58. The summed E-state index contributed by atoms with van der Waals surface area (Å²) in [5.74, 6) is 0.155. The van der Waals surface area contributed by atoms with Crippen molar-refractivity contribution in [3.8, 4) is 11.4 Å². The van der Waals surface area contributed by atoms with Crippen LogP contribution in [0.1, 0.15) is 32.0 Å². The van der Waals surface area contributed by atoms with E-state index in [4.69, 9.17) is 0 Å². The van der Waals surface area contributed by atoms with Crippen LogP contribution in [-0.2, 0) is 5.41 Å². The van der Waals surface area contributed by atoms with Crippen molar-refractivity contribution in [2.45, 2.75) is 33.1 Å². The summed E-state index contributed by atoms with van der Waals surface area (Å²) in [6.45, 7) is 7.75. The van der Waals surface area contributed by atoms with Gasteiger partial charge >= 0.3 is 0 Å². The van der Waals surface area contributed by atoms with E-state index in [1.54, 1.807) is 13.0 Å². The lowest BCUT2D eigenvalue weighted by Crippen LogP contribution is -2.22. The van der Waals surface area contributed by atoms with Crippen molar-refractivity contribution >= 4 is 15.9 Å². The van der Waals surface area contributed by atoms with Gasteiger partial charge in [0.1, 0.15) is 16.1 Å². The van der Waals surface area contributed by atoms with E-state index in [1.165, 1.54) is 12.1 Å². The van der Waals surface area contributed by atoms with E-state index in [-0.39, 0.29) is 16.8 Å². The second kappa shape index (κ2) is 5.13. The molecule has 0 unspecified atom stereocenters. The Bertz CT molecular complexity index is 717. The molecule has 106 valence electrons. The summed E-state index contributed by atoms with van der Waals surface area (Å²) in [4.78, 5) is 19.3. The first-order chi connectivity index (χ1) is 9.20. The third-order valence-corrected chi connectivity index (χ3v) is 3.75. The number of aromatic amines is 1. The average Bonchev–Trinajstić information content (AvgIpc) is 2.31. The van der Waals surface area contributed by atoms with Crippen molar-refractivity contribution < 1.29 is 4.39 Å². The van der Waals surface area contributed by atoms with Gasteiger partial charge in [-0.2, -0.15) is 0 Å². The van der Waals surface area contributed by atoms with Crippen molar-refractivity contribution in [3.63, 3.8) is 0 Å². The average molecular weight is 339 g/mol. The number of benzene rings is 1. The molecule has 0 aliphatic carbocycles. The van der Waals surface area contributed by atoms with Gasteiger partial charge in [-0.05, 0) is 46.6 Å². The predicted molar refractivity (Wildman–Crippen MR) is 81.4 cm³/mol. The monoisotopic (exact) mass is 338 g/mol. The van der Waals surface area contributed by atoms with Gasteiger partial charge in [0.25, 0.3) is 5.56 Å². The van der Waals surface area contributed by atoms with Crippen LogP contribution in [0.3, 0.4) is 0 Å². The number of halogens is 2. The zero-order chi connectivity index (χ0) is 15.1. The maximum atomic E-state index is 13.2. The normalized spacial score (nSPS) is 11.7. The standard InChI is InChI=1S/C15H16BrFN2O/c1-8-7-9(17)5-6-10(8)13-18-12(15(2,3)4)11(16)14(20)19-13/h5-7H,1-4H3,(H,18,19,20). The highest BCUT2D eigenvalue weighted by Crippen LogP contribution is 2.28. The van der Waals surface area contributed by atoms with E-state index in [1.807, 2.05) is 20.8 Å². The lowest BCUT2D eigenvalue weighted by atomic mass is 9.92. The maximum Gasteiger partial charge on any atom is 0.265 e. The lowest BCUT2D eigenvalue weighted by molar-refractivity contribution is 0.562. The van der Waals surface area contributed by atoms with E-state index in [0.717, 1.165) is 11.1 Å². The van der Waals surface area contributed by atoms with Crippen LogP contribution in [0.4, 0.5) is 4.39 Å². The Morgan fingerprint density at radius 1 is 1.30 bits per heavy atom. The minimum atomic E-state index is -0.304. The molecule has 0 aliphatic rings. The fourth-order valence-corrected chi connectivity index (χ4v) is 2.76. The van der Waals surface area contributed by atoms with E-state index < -0.39 is 0 Å². The summed E-state index contributed by atoms with van der Waals surface area (Å²) >= 11 is 3.29. The molecule has 2 aromatic rings. The largest absolute Gasteiger partial charge is 0.306 e. The van der Waals surface area contributed by atoms with Crippen molar-refractivity contribution in [2.24, 2.45) is 0 Å². The van der Waals surface area contributed by atoms with Crippen molar-refractivity contribution in [1.29, 1.82) is 0 Å². The van der Waals surface area contributed by atoms with Crippen LogP contribution in [0.25, 0.3) is 11.4 Å². The highest BCUT2D eigenvalue weighted by molar-refractivity contribution is 9.10. The smallest absolute Gasteiger partial charge is 0.265 e. The summed E-state index contributed by atoms with van der Waals surface area (Å²) < 4.78 is 13.6. The number of rotatable bonds is 1. The minimum Gasteiger partial charge on any atom is -0.306 e. The van der Waals surface area contributed by atoms with Crippen LogP contribution in [0.15, 0.2) is 27.5 Å². The number of nitrogens with zero attached hydrogens (tertiary/aromatic N) is 1. The van der Waals surface area contributed by atoms with Gasteiger partial charge in [0.2, 0.25) is 0 Å². The lowest BCUT2D eigenvalue weighted by Gasteiger charge is -2.20. The third kappa shape index (κ3) is 2.82. The SMILES string of the molecule is Cc1cc(F)ccc1-c1nc(C(C)(C)C)c(Br)c(=O)[nH]1. The highest BCUT2D eigenvalue weighted by Gasteiger charge is 2.22. The molecule has 2 rings (SSSR count). The molecular formula is C15H16BrFN2O. The predicted octanol–water partition coefficient (Wildman–Crippen LogP) is 3.94. The molecule has 0 bridgehead atoms. The summed E-state index contributed by atoms with van der Waals surface area (Å²) in [6, 6.07) is 4.42. The van der Waals surface area contributed by atoms with E-state index >= 15 is 0 Å². The summed E-state index contributed by atoms with van der Waals surface area (Å²) in [7, 11) is 0. The molecule has 1 heterocycles. The number of hydrogen-bond acceptors (Lipinski definition) is 2. The molecule has 0 fully saturated rings. The number of H-pyrrole nitrogens is 1. The van der Waals surface area contributed by atoms with Crippen LogP contribution in [0.5, 0.6) is 0 Å². The maximum absolute atomic E-state index is 13.2. The van der Waals surface area contributed by atoms with E-state index in [2.05, 4.69) is 25.9 Å². The number of nitrogens with one attached hydrogen (secondary N) is 1. The molecular weight excluding hydrogens is 323 g/mol. The number of aryl methyl sites for hydroxylation is 1. The minimum absolute atomic E-state index is 0.233. The first-order valence-corrected chi connectivity index (χ1v) is 7.06. The molecule has 0 atom stereocenters. The molecule has 0 radical (unpaired) electrons. The van der Waals surface area contributed by atoms with Gasteiger partial charge in [-0.15, -0.1) is 0 Å². The summed E-state index contributed by atoms with van der Waals surface area (Å²) in [5.41, 5.74) is 1.64. The molecule has 5 heteroatoms. The Hall–Kier alpha value is -1.49. The van der Waals surface area contributed by atoms with Gasteiger partial charge in [-0.1, -0.05) is 20.8 Å². The van der Waals surface area contributed by atoms with Gasteiger partial charge in [0.15, 0.2) is 0 Å². The molecule has 0 amide bonds. The zero-order valence-electron chi connectivity index (χ0n) is 11.8. The van der Waals surface area contributed by atoms with Gasteiger partial charge in [0, 0.05) is 11.0 Å². The number of hydrogen-bond donors (Lipinski definition) is 1. The summed E-state index contributed by atoms with van der Waals surface area (Å²) in [6.07, 6.45) is 0. The van der Waals surface area contributed by atoms with E-state index in [9.17, 15) is 9.18 Å². The van der Waals surface area contributed by atoms with Crippen molar-refractivity contribution in [3.05, 3.63) is 50.1 Å². The van der Waals surface area contributed by atoms with Gasteiger partial charge in [-0.3, -0.25) is 4.79 Å². The first kappa shape index (κ1) is 14.9. The van der Waals surface area contributed by atoms with Crippen molar-refractivity contribution in [2.75, 3.05) is 0 Å². The molecule has 0 aliphatic heterocycles. The molecule has 0 saturated heterocycles. The molecule has 3 nitrogen and oxygen atoms in total. The molecule has 0 spiro atoms. The summed E-state index contributed by atoms with van der Waals surface area (Å²) in [5, 5.41) is 0. The third-order valence-electron chi connectivity index (χ3n) is 3.02. The fourth-order valence-electron chi connectivity index (χ4n) is 1.98. The van der Waals surface area contributed by atoms with Gasteiger partial charge in [-0.25, -0.2) is 9.37 Å². The van der Waals surface area contributed by atoms with Crippen LogP contribution in [-0.4, -0.2) is 9.97 Å². The quantitative estimate of drug-likeness (QED) is 0.855. The molecule has 20 heavy (non-hydrogen) atoms. The zero-order valence-corrected chi connectivity index (χ0v) is 13.4. The molecule has 1 N–H and O–H groups in total. The topological polar surface area (TPSA) is 45.8 Å². The Kier molecular flexibility index (Phi) is 3.82. The Labute approximate surface area is 125 Å². The molecule has 0 saturated carbocycles. The van der Waals surface area contributed by atoms with Crippen molar-refractivity contribution in [1.82, 2.24) is 9.97 Å². The van der Waals surface area contributed by atoms with Crippen LogP contribution < -0.4 is 5.56 Å². The highest BCUT2D eigenvalue weighted by atomic mass is 79.9. The molecule has 1 aromatic carbocycles. The molecule has 1 aromatic heterocycles. The van der Waals surface area contributed by atoms with E-state index in [0.29, 0.717) is 16.0 Å². The van der Waals surface area contributed by atoms with Crippen LogP contribution in [0, 0.1) is 12.7 Å².